The van der Waals surface area contributed by atoms with E-state index in [9.17, 15) is 9.50 Å². The van der Waals surface area contributed by atoms with Crippen molar-refractivity contribution < 1.29 is 9.50 Å². The Morgan fingerprint density at radius 1 is 1.29 bits per heavy atom. The number of hydrogen-bond donors (Lipinski definition) is 1. The van der Waals surface area contributed by atoms with Gasteiger partial charge in [-0.3, -0.25) is 0 Å². The molecule has 112 valence electrons. The highest BCUT2D eigenvalue weighted by atomic mass is 19.1. The summed E-state index contributed by atoms with van der Waals surface area (Å²) >= 11 is 0. The monoisotopic (exact) mass is 290 g/mol. The van der Waals surface area contributed by atoms with Crippen LogP contribution < -0.4 is 0 Å². The second-order valence-corrected chi connectivity index (χ2v) is 5.44. The Labute approximate surface area is 123 Å². The Bertz CT molecular complexity index is 567. The maximum Gasteiger partial charge on any atom is 0.137 e. The number of likely N-dealkylation sites (tertiary alicyclic amines) is 1. The highest BCUT2D eigenvalue weighted by Gasteiger charge is 2.23. The minimum atomic E-state index is -0.783. The van der Waals surface area contributed by atoms with E-state index in [2.05, 4.69) is 15.0 Å². The number of hydrogen-bond acceptors (Lipinski definition) is 4. The zero-order chi connectivity index (χ0) is 14.7. The molecule has 0 saturated carbocycles. The van der Waals surface area contributed by atoms with Gasteiger partial charge in [0.05, 0.1) is 12.1 Å². The zero-order valence-electron chi connectivity index (χ0n) is 11.8. The van der Waals surface area contributed by atoms with E-state index in [1.807, 2.05) is 4.68 Å². The first-order valence-electron chi connectivity index (χ1n) is 7.23. The van der Waals surface area contributed by atoms with E-state index in [1.54, 1.807) is 30.9 Å². The van der Waals surface area contributed by atoms with Crippen LogP contribution in [-0.2, 0) is 0 Å². The Kier molecular flexibility index (Phi) is 4.26. The third kappa shape index (κ3) is 3.28. The number of aromatic nitrogens is 3. The molecule has 1 N–H and O–H groups in total. The lowest BCUT2D eigenvalue weighted by Gasteiger charge is -2.33. The summed E-state index contributed by atoms with van der Waals surface area (Å²) in [6, 6.07) is 6.78. The van der Waals surface area contributed by atoms with Crippen molar-refractivity contribution >= 4 is 0 Å². The average molecular weight is 290 g/mol. The van der Waals surface area contributed by atoms with Crippen molar-refractivity contribution in [3.05, 3.63) is 48.3 Å². The minimum absolute atomic E-state index is 0.345. The zero-order valence-corrected chi connectivity index (χ0v) is 11.8. The van der Waals surface area contributed by atoms with Crippen LogP contribution in [0.2, 0.25) is 0 Å². The maximum absolute atomic E-state index is 13.6. The fraction of sp³-hybridized carbons (Fsp3) is 0.467. The van der Waals surface area contributed by atoms with Crippen LogP contribution in [0.4, 0.5) is 4.39 Å². The number of aliphatic hydroxyl groups excluding tert-OH is 1. The molecule has 3 rings (SSSR count). The highest BCUT2D eigenvalue weighted by Crippen LogP contribution is 2.24. The van der Waals surface area contributed by atoms with Crippen molar-refractivity contribution in [2.75, 3.05) is 19.6 Å². The van der Waals surface area contributed by atoms with E-state index in [1.165, 1.54) is 6.07 Å². The molecular weight excluding hydrogens is 271 g/mol. The second kappa shape index (κ2) is 6.32. The van der Waals surface area contributed by atoms with Gasteiger partial charge in [-0.1, -0.05) is 18.2 Å². The van der Waals surface area contributed by atoms with Crippen LogP contribution in [0.5, 0.6) is 0 Å². The van der Waals surface area contributed by atoms with Gasteiger partial charge in [0, 0.05) is 25.2 Å². The molecule has 1 aliphatic heterocycles. The Morgan fingerprint density at radius 2 is 2.05 bits per heavy atom. The number of benzene rings is 1. The molecule has 1 unspecified atom stereocenters. The van der Waals surface area contributed by atoms with Crippen LogP contribution in [0, 0.1) is 5.82 Å². The smallest absolute Gasteiger partial charge is 0.137 e. The SMILES string of the molecule is OC(CN1CCC(n2cncn2)CC1)c1ccccc1F. The van der Waals surface area contributed by atoms with E-state index in [-0.39, 0.29) is 5.82 Å². The molecule has 1 aromatic carbocycles. The number of nitrogens with zero attached hydrogens (tertiary/aromatic N) is 4. The summed E-state index contributed by atoms with van der Waals surface area (Å²) < 4.78 is 15.5. The third-order valence-corrected chi connectivity index (χ3v) is 4.06. The minimum Gasteiger partial charge on any atom is -0.387 e. The van der Waals surface area contributed by atoms with Crippen molar-refractivity contribution in [2.45, 2.75) is 25.0 Å². The van der Waals surface area contributed by atoms with E-state index >= 15 is 0 Å². The van der Waals surface area contributed by atoms with Crippen LogP contribution >= 0.6 is 0 Å². The van der Waals surface area contributed by atoms with E-state index in [0.717, 1.165) is 25.9 Å². The van der Waals surface area contributed by atoms with Crippen molar-refractivity contribution in [3.63, 3.8) is 0 Å². The van der Waals surface area contributed by atoms with Gasteiger partial charge in [0.1, 0.15) is 18.5 Å². The predicted octanol–water partition coefficient (Wildman–Crippen LogP) is 1.79. The summed E-state index contributed by atoms with van der Waals surface area (Å²) in [4.78, 5) is 6.14. The number of halogens is 1. The largest absolute Gasteiger partial charge is 0.387 e. The van der Waals surface area contributed by atoms with Gasteiger partial charge in [-0.15, -0.1) is 0 Å². The van der Waals surface area contributed by atoms with Gasteiger partial charge in [-0.25, -0.2) is 14.1 Å². The molecule has 0 spiro atoms. The van der Waals surface area contributed by atoms with Crippen LogP contribution in [-0.4, -0.2) is 44.4 Å². The fourth-order valence-corrected chi connectivity index (χ4v) is 2.86. The van der Waals surface area contributed by atoms with Gasteiger partial charge in [0.15, 0.2) is 0 Å². The second-order valence-electron chi connectivity index (χ2n) is 5.44. The summed E-state index contributed by atoms with van der Waals surface area (Å²) in [5.74, 6) is -0.345. The van der Waals surface area contributed by atoms with Crippen LogP contribution in [0.15, 0.2) is 36.9 Å². The summed E-state index contributed by atoms with van der Waals surface area (Å²) in [5.41, 5.74) is 0.371. The lowest BCUT2D eigenvalue weighted by Crippen LogP contribution is -2.37. The number of aliphatic hydroxyl groups is 1. The molecule has 2 aromatic rings. The summed E-state index contributed by atoms with van der Waals surface area (Å²) in [6.45, 7) is 2.21. The molecular formula is C15H19FN4O. The normalized spacial score (nSPS) is 18.8. The molecule has 0 radical (unpaired) electrons. The quantitative estimate of drug-likeness (QED) is 0.932. The van der Waals surface area contributed by atoms with Crippen LogP contribution in [0.3, 0.4) is 0 Å². The van der Waals surface area contributed by atoms with Gasteiger partial charge in [-0.05, 0) is 18.9 Å². The third-order valence-electron chi connectivity index (χ3n) is 4.06. The number of piperidine rings is 1. The van der Waals surface area contributed by atoms with Crippen molar-refractivity contribution in [1.82, 2.24) is 19.7 Å². The number of β-amino-alcohol motifs (C(OH)–C–C–N with tert-alkyl or cyclic N) is 1. The molecule has 1 aliphatic rings. The molecule has 1 atom stereocenters. The molecule has 21 heavy (non-hydrogen) atoms. The Morgan fingerprint density at radius 3 is 2.71 bits per heavy atom. The molecule has 0 aliphatic carbocycles. The Hall–Kier alpha value is -1.79. The molecule has 1 fully saturated rings. The topological polar surface area (TPSA) is 54.2 Å². The average Bonchev–Trinajstić information content (AvgIpc) is 3.02. The van der Waals surface area contributed by atoms with Crippen molar-refractivity contribution in [3.8, 4) is 0 Å². The molecule has 1 aromatic heterocycles. The number of rotatable bonds is 4. The summed E-state index contributed by atoms with van der Waals surface area (Å²) in [7, 11) is 0. The van der Waals surface area contributed by atoms with Gasteiger partial charge in [0.25, 0.3) is 0 Å². The first kappa shape index (κ1) is 14.2. The molecule has 5 nitrogen and oxygen atoms in total. The molecule has 6 heteroatoms. The summed E-state index contributed by atoms with van der Waals surface area (Å²) in [5, 5.41) is 14.4. The molecule has 1 saturated heterocycles. The molecule has 0 amide bonds. The van der Waals surface area contributed by atoms with E-state index in [4.69, 9.17) is 0 Å². The lowest BCUT2D eigenvalue weighted by atomic mass is 10.0. The highest BCUT2D eigenvalue weighted by molar-refractivity contribution is 5.20. The van der Waals surface area contributed by atoms with Crippen molar-refractivity contribution in [1.29, 1.82) is 0 Å². The molecule has 2 heterocycles. The van der Waals surface area contributed by atoms with Gasteiger partial charge < -0.3 is 10.0 Å². The maximum atomic E-state index is 13.6. The lowest BCUT2D eigenvalue weighted by molar-refractivity contribution is 0.0867. The standard InChI is InChI=1S/C15H19FN4O/c16-14-4-2-1-3-13(14)15(21)9-19-7-5-12(6-8-19)20-11-17-10-18-20/h1-4,10-12,15,21H,5-9H2. The van der Waals surface area contributed by atoms with E-state index < -0.39 is 6.10 Å². The Balaban J connectivity index is 1.55. The van der Waals surface area contributed by atoms with Crippen LogP contribution in [0.1, 0.15) is 30.6 Å². The fourth-order valence-electron chi connectivity index (χ4n) is 2.86. The van der Waals surface area contributed by atoms with Crippen molar-refractivity contribution in [2.24, 2.45) is 0 Å². The van der Waals surface area contributed by atoms with Gasteiger partial charge in [0.2, 0.25) is 0 Å². The molecule has 0 bridgehead atoms. The first-order chi connectivity index (χ1) is 10.2. The van der Waals surface area contributed by atoms with Gasteiger partial charge in [-0.2, -0.15) is 5.10 Å². The first-order valence-corrected chi connectivity index (χ1v) is 7.23. The van der Waals surface area contributed by atoms with Crippen LogP contribution in [0.25, 0.3) is 0 Å². The van der Waals surface area contributed by atoms with E-state index in [0.29, 0.717) is 18.2 Å². The summed E-state index contributed by atoms with van der Waals surface area (Å²) in [6.07, 6.45) is 4.44. The van der Waals surface area contributed by atoms with Gasteiger partial charge >= 0.3 is 0 Å². The predicted molar refractivity (Wildman–Crippen MR) is 76.1 cm³/mol.